The van der Waals surface area contributed by atoms with Gasteiger partial charge in [0.1, 0.15) is 13.1 Å². The number of likely N-dealkylation sites (N-methyl/N-ethyl adjacent to an activating group) is 1. The lowest BCUT2D eigenvalue weighted by Crippen LogP contribution is -2.48. The van der Waals surface area contributed by atoms with Gasteiger partial charge >= 0.3 is 18.0 Å². The van der Waals surface area contributed by atoms with Crippen molar-refractivity contribution in [3.63, 3.8) is 0 Å². The summed E-state index contributed by atoms with van der Waals surface area (Å²) in [4.78, 5) is 35.7. The highest BCUT2D eigenvalue weighted by Crippen LogP contribution is 2.03. The van der Waals surface area contributed by atoms with Crippen LogP contribution in [0.1, 0.15) is 13.8 Å². The van der Waals surface area contributed by atoms with E-state index in [1.54, 1.807) is 13.8 Å². The van der Waals surface area contributed by atoms with Gasteiger partial charge in [-0.1, -0.05) is 0 Å². The van der Waals surface area contributed by atoms with E-state index in [0.29, 0.717) is 0 Å². The van der Waals surface area contributed by atoms with Crippen molar-refractivity contribution >= 4 is 18.0 Å². The highest BCUT2D eigenvalue weighted by atomic mass is 16.5. The average Bonchev–Trinajstić information content (AvgIpc) is 2.23. The number of hydrogen-bond donors (Lipinski definition) is 1. The first kappa shape index (κ1) is 15.2. The third-order valence-electron chi connectivity index (χ3n) is 2.10. The molecule has 98 valence electrons. The number of carboxylic acids is 1. The van der Waals surface area contributed by atoms with Crippen LogP contribution in [0, 0.1) is 0 Å². The number of esters is 1. The summed E-state index contributed by atoms with van der Waals surface area (Å²) >= 11 is 0. The summed E-state index contributed by atoms with van der Waals surface area (Å²) in [6.45, 7) is 2.85. The maximum atomic E-state index is 11.9. The predicted octanol–water partition coefficient (Wildman–Crippen LogP) is 0.00620. The van der Waals surface area contributed by atoms with Gasteiger partial charge in [0.15, 0.2) is 0 Å². The van der Waals surface area contributed by atoms with Crippen LogP contribution in [0.4, 0.5) is 4.79 Å². The standard InChI is InChI=1S/C10H18N2O5/c1-7(2)12(6-9(15)17-4)10(16)11(3)5-8(13)14/h7H,5-6H2,1-4H3,(H,13,14). The Bertz CT molecular complexity index is 303. The topological polar surface area (TPSA) is 87.2 Å². The zero-order valence-corrected chi connectivity index (χ0v) is 10.5. The van der Waals surface area contributed by atoms with E-state index in [1.807, 2.05) is 0 Å². The van der Waals surface area contributed by atoms with E-state index in [1.165, 1.54) is 19.1 Å². The zero-order valence-electron chi connectivity index (χ0n) is 10.5. The molecule has 0 unspecified atom stereocenters. The highest BCUT2D eigenvalue weighted by molar-refractivity contribution is 5.83. The van der Waals surface area contributed by atoms with Crippen LogP contribution in [0.5, 0.6) is 0 Å². The van der Waals surface area contributed by atoms with Gasteiger partial charge < -0.3 is 19.6 Å². The molecule has 0 spiro atoms. The minimum atomic E-state index is -1.11. The SMILES string of the molecule is COC(=O)CN(C(=O)N(C)CC(=O)O)C(C)C. The van der Waals surface area contributed by atoms with Crippen molar-refractivity contribution in [2.24, 2.45) is 0 Å². The molecular formula is C10H18N2O5. The van der Waals surface area contributed by atoms with E-state index >= 15 is 0 Å². The summed E-state index contributed by atoms with van der Waals surface area (Å²) < 4.78 is 4.47. The van der Waals surface area contributed by atoms with Gasteiger partial charge in [0, 0.05) is 13.1 Å². The Labute approximate surface area is 99.9 Å². The van der Waals surface area contributed by atoms with Crippen molar-refractivity contribution in [2.45, 2.75) is 19.9 Å². The van der Waals surface area contributed by atoms with Gasteiger partial charge in [-0.15, -0.1) is 0 Å². The third kappa shape index (κ3) is 5.19. The van der Waals surface area contributed by atoms with Crippen LogP contribution in [-0.4, -0.2) is 66.2 Å². The molecule has 0 saturated heterocycles. The number of rotatable bonds is 5. The van der Waals surface area contributed by atoms with Crippen LogP contribution in [-0.2, 0) is 14.3 Å². The average molecular weight is 246 g/mol. The second kappa shape index (κ2) is 6.72. The Morgan fingerprint density at radius 2 is 1.76 bits per heavy atom. The van der Waals surface area contributed by atoms with Crippen molar-refractivity contribution < 1.29 is 24.2 Å². The third-order valence-corrected chi connectivity index (χ3v) is 2.10. The number of carbonyl (C=O) groups excluding carboxylic acids is 2. The van der Waals surface area contributed by atoms with Gasteiger partial charge in [-0.2, -0.15) is 0 Å². The summed E-state index contributed by atoms with van der Waals surface area (Å²) in [5.41, 5.74) is 0. The number of carbonyl (C=O) groups is 3. The summed E-state index contributed by atoms with van der Waals surface area (Å²) in [5, 5.41) is 8.58. The first-order valence-electron chi connectivity index (χ1n) is 5.10. The molecule has 0 bridgehead atoms. The van der Waals surface area contributed by atoms with Crippen molar-refractivity contribution in [1.29, 1.82) is 0 Å². The molecule has 0 atom stereocenters. The Morgan fingerprint density at radius 3 is 2.12 bits per heavy atom. The van der Waals surface area contributed by atoms with Crippen LogP contribution in [0.3, 0.4) is 0 Å². The zero-order chi connectivity index (χ0) is 13.6. The Kier molecular flexibility index (Phi) is 6.01. The lowest BCUT2D eigenvalue weighted by atomic mass is 10.3. The van der Waals surface area contributed by atoms with E-state index in [2.05, 4.69) is 4.74 Å². The summed E-state index contributed by atoms with van der Waals surface area (Å²) in [7, 11) is 2.59. The minimum absolute atomic E-state index is 0.197. The Balaban J connectivity index is 4.64. The lowest BCUT2D eigenvalue weighted by molar-refractivity contribution is -0.141. The molecule has 0 aromatic heterocycles. The number of urea groups is 1. The van der Waals surface area contributed by atoms with Gasteiger partial charge in [0.05, 0.1) is 7.11 Å². The molecule has 1 N–H and O–H groups in total. The number of methoxy groups -OCH3 is 1. The number of carboxylic acid groups (broad SMARTS) is 1. The number of ether oxygens (including phenoxy) is 1. The molecule has 7 heteroatoms. The van der Waals surface area contributed by atoms with Crippen LogP contribution in [0.2, 0.25) is 0 Å². The summed E-state index contributed by atoms with van der Waals surface area (Å²) in [5.74, 6) is -1.65. The first-order chi connectivity index (χ1) is 7.79. The maximum Gasteiger partial charge on any atom is 0.325 e. The van der Waals surface area contributed by atoms with Gasteiger partial charge in [-0.25, -0.2) is 4.79 Å². The maximum absolute atomic E-state index is 11.9. The van der Waals surface area contributed by atoms with Gasteiger partial charge in [-0.05, 0) is 13.8 Å². The molecule has 0 saturated carbocycles. The molecule has 0 heterocycles. The number of aliphatic carboxylic acids is 1. The van der Waals surface area contributed by atoms with E-state index in [4.69, 9.17) is 5.11 Å². The normalized spacial score (nSPS) is 9.94. The fraction of sp³-hybridized carbons (Fsp3) is 0.700. The Morgan fingerprint density at radius 1 is 1.24 bits per heavy atom. The van der Waals surface area contributed by atoms with E-state index in [0.717, 1.165) is 4.90 Å². The predicted molar refractivity (Wildman–Crippen MR) is 59.5 cm³/mol. The quantitative estimate of drug-likeness (QED) is 0.690. The van der Waals surface area contributed by atoms with Crippen LogP contribution < -0.4 is 0 Å². The van der Waals surface area contributed by atoms with Gasteiger partial charge in [0.2, 0.25) is 0 Å². The van der Waals surface area contributed by atoms with Crippen LogP contribution in [0.25, 0.3) is 0 Å². The van der Waals surface area contributed by atoms with Crippen molar-refractivity contribution in [1.82, 2.24) is 9.80 Å². The summed E-state index contributed by atoms with van der Waals surface area (Å²) in [6, 6.07) is -0.745. The number of nitrogens with zero attached hydrogens (tertiary/aromatic N) is 2. The van der Waals surface area contributed by atoms with Crippen LogP contribution in [0.15, 0.2) is 0 Å². The number of amides is 2. The van der Waals surface area contributed by atoms with Crippen molar-refractivity contribution in [3.05, 3.63) is 0 Å². The van der Waals surface area contributed by atoms with Crippen molar-refractivity contribution in [3.8, 4) is 0 Å². The molecule has 0 aliphatic rings. The molecule has 0 aromatic carbocycles. The van der Waals surface area contributed by atoms with Crippen molar-refractivity contribution in [2.75, 3.05) is 27.2 Å². The molecule has 2 amide bonds. The smallest absolute Gasteiger partial charge is 0.325 e. The molecule has 0 rings (SSSR count). The molecule has 0 aliphatic heterocycles. The Hall–Kier alpha value is -1.79. The van der Waals surface area contributed by atoms with Gasteiger partial charge in [0.25, 0.3) is 0 Å². The van der Waals surface area contributed by atoms with E-state index in [9.17, 15) is 14.4 Å². The fourth-order valence-electron chi connectivity index (χ4n) is 1.16. The largest absolute Gasteiger partial charge is 0.480 e. The second-order valence-electron chi connectivity index (χ2n) is 3.83. The van der Waals surface area contributed by atoms with Crippen LogP contribution >= 0.6 is 0 Å². The van der Waals surface area contributed by atoms with E-state index in [-0.39, 0.29) is 12.6 Å². The molecule has 0 aliphatic carbocycles. The van der Waals surface area contributed by atoms with Gasteiger partial charge in [-0.3, -0.25) is 9.59 Å². The number of hydrogen-bond acceptors (Lipinski definition) is 4. The second-order valence-corrected chi connectivity index (χ2v) is 3.83. The molecule has 0 aromatic rings. The molecular weight excluding hydrogens is 228 g/mol. The summed E-state index contributed by atoms with van der Waals surface area (Å²) in [6.07, 6.45) is 0. The lowest BCUT2D eigenvalue weighted by Gasteiger charge is -2.29. The van der Waals surface area contributed by atoms with E-state index < -0.39 is 24.5 Å². The fourth-order valence-corrected chi connectivity index (χ4v) is 1.16. The molecule has 7 nitrogen and oxygen atoms in total. The molecule has 0 fully saturated rings. The molecule has 0 radical (unpaired) electrons. The highest BCUT2D eigenvalue weighted by Gasteiger charge is 2.24. The minimum Gasteiger partial charge on any atom is -0.480 e. The monoisotopic (exact) mass is 246 g/mol. The molecule has 17 heavy (non-hydrogen) atoms. The first-order valence-corrected chi connectivity index (χ1v) is 5.10.